The summed E-state index contributed by atoms with van der Waals surface area (Å²) in [6, 6.07) is 45.5. The SMILES string of the molecule is Cc1cccc(C)c1-c1cccc(-c2c(C)cccc2C)c1Cc1cc(C(C)(C)C)cc(Cc2c(-c3c(C)cccc3C)cccc2-c2c(C)cccc2C)c1[Si](Cl)(Cl)C(C)(C)C. The van der Waals surface area contributed by atoms with Gasteiger partial charge >= 0.3 is 0 Å². The van der Waals surface area contributed by atoms with E-state index < -0.39 is 6.69 Å². The summed E-state index contributed by atoms with van der Waals surface area (Å²) in [5.41, 5.74) is 26.7. The molecule has 0 amide bonds. The van der Waals surface area contributed by atoms with Crippen molar-refractivity contribution in [3.63, 3.8) is 0 Å². The molecule has 0 aliphatic heterocycles. The molecule has 0 radical (unpaired) electrons. The first-order chi connectivity index (χ1) is 29.6. The number of rotatable bonds is 9. The Balaban J connectivity index is 1.62. The molecule has 7 aromatic rings. The number of halogens is 2. The van der Waals surface area contributed by atoms with Crippen LogP contribution in [0.25, 0.3) is 44.5 Å². The van der Waals surface area contributed by atoms with Gasteiger partial charge in [-0.3, -0.25) is 0 Å². The third-order valence-electron chi connectivity index (χ3n) is 13.5. The van der Waals surface area contributed by atoms with Crippen molar-refractivity contribution in [2.75, 3.05) is 0 Å². The van der Waals surface area contributed by atoms with E-state index in [9.17, 15) is 0 Å². The molecule has 0 nitrogen and oxygen atoms in total. The number of benzene rings is 7. The minimum Gasteiger partial charge on any atom is -0.139 e. The van der Waals surface area contributed by atoms with E-state index in [4.69, 9.17) is 22.2 Å². The third-order valence-corrected chi connectivity index (χ3v) is 21.2. The van der Waals surface area contributed by atoms with Crippen LogP contribution in [0.5, 0.6) is 0 Å². The van der Waals surface area contributed by atoms with Gasteiger partial charge in [0.2, 0.25) is 0 Å². The molecule has 3 heteroatoms. The van der Waals surface area contributed by atoms with E-state index >= 15 is 0 Å². The normalized spacial score (nSPS) is 12.3. The van der Waals surface area contributed by atoms with Gasteiger partial charge in [-0.2, -0.15) is 0 Å². The average Bonchev–Trinajstić information content (AvgIpc) is 3.18. The molecular weight excluding hydrogens is 820 g/mol. The van der Waals surface area contributed by atoms with Crippen LogP contribution in [-0.4, -0.2) is 6.69 Å². The van der Waals surface area contributed by atoms with Crippen molar-refractivity contribution in [3.8, 4) is 44.5 Å². The minimum absolute atomic E-state index is 0.143. The highest BCUT2D eigenvalue weighted by atomic mass is 35.7. The van der Waals surface area contributed by atoms with Crippen LogP contribution in [0.15, 0.2) is 121 Å². The Kier molecular flexibility index (Phi) is 13.0. The molecule has 0 unspecified atom stereocenters. The van der Waals surface area contributed by atoms with Gasteiger partial charge in [0, 0.05) is 0 Å². The molecular formula is C60H66Cl2Si. The van der Waals surface area contributed by atoms with Crippen LogP contribution in [0, 0.1) is 55.4 Å². The highest BCUT2D eigenvalue weighted by Gasteiger charge is 2.47. The number of hydrogen-bond donors (Lipinski definition) is 0. The van der Waals surface area contributed by atoms with Gasteiger partial charge in [-0.05, 0) is 201 Å². The Morgan fingerprint density at radius 1 is 0.381 bits per heavy atom. The predicted molar refractivity (Wildman–Crippen MR) is 280 cm³/mol. The summed E-state index contributed by atoms with van der Waals surface area (Å²) in [4.78, 5) is 0. The first-order valence-electron chi connectivity index (χ1n) is 22.7. The molecule has 0 atom stereocenters. The largest absolute Gasteiger partial charge is 0.286 e. The van der Waals surface area contributed by atoms with Crippen molar-refractivity contribution in [2.24, 2.45) is 0 Å². The van der Waals surface area contributed by atoms with Gasteiger partial charge in [-0.1, -0.05) is 163 Å². The van der Waals surface area contributed by atoms with Crippen molar-refractivity contribution in [3.05, 3.63) is 194 Å². The van der Waals surface area contributed by atoms with Crippen LogP contribution in [0.2, 0.25) is 5.04 Å². The van der Waals surface area contributed by atoms with Gasteiger partial charge < -0.3 is 0 Å². The average molecular weight is 886 g/mol. The Morgan fingerprint density at radius 3 is 0.841 bits per heavy atom. The molecule has 324 valence electrons. The van der Waals surface area contributed by atoms with E-state index in [1.165, 1.54) is 117 Å². The Labute approximate surface area is 390 Å². The van der Waals surface area contributed by atoms with Crippen LogP contribution >= 0.6 is 22.2 Å². The summed E-state index contributed by atoms with van der Waals surface area (Å²) < 4.78 is 0. The van der Waals surface area contributed by atoms with Gasteiger partial charge in [0.05, 0.1) is 0 Å². The lowest BCUT2D eigenvalue weighted by Crippen LogP contribution is -2.49. The highest BCUT2D eigenvalue weighted by molar-refractivity contribution is 7.52. The Morgan fingerprint density at radius 2 is 0.619 bits per heavy atom. The topological polar surface area (TPSA) is 0 Å². The second kappa shape index (κ2) is 17.7. The van der Waals surface area contributed by atoms with Gasteiger partial charge in [0.1, 0.15) is 0 Å². The first-order valence-corrected chi connectivity index (χ1v) is 26.7. The molecule has 0 bridgehead atoms. The third kappa shape index (κ3) is 8.91. The van der Waals surface area contributed by atoms with Crippen molar-refractivity contribution in [1.82, 2.24) is 0 Å². The van der Waals surface area contributed by atoms with Crippen LogP contribution in [-0.2, 0) is 18.3 Å². The zero-order valence-corrected chi connectivity index (χ0v) is 42.7. The van der Waals surface area contributed by atoms with Crippen molar-refractivity contribution < 1.29 is 0 Å². The van der Waals surface area contributed by atoms with E-state index in [1.807, 2.05) is 0 Å². The zero-order valence-electron chi connectivity index (χ0n) is 40.2. The molecule has 63 heavy (non-hydrogen) atoms. The Hall–Kier alpha value is -4.66. The van der Waals surface area contributed by atoms with Gasteiger partial charge in [-0.15, -0.1) is 22.2 Å². The summed E-state index contributed by atoms with van der Waals surface area (Å²) in [5.74, 6) is 0. The smallest absolute Gasteiger partial charge is 0.139 e. The van der Waals surface area contributed by atoms with Gasteiger partial charge in [0.25, 0.3) is 6.69 Å². The molecule has 7 rings (SSSR count). The Bertz CT molecular complexity index is 2470. The summed E-state index contributed by atoms with van der Waals surface area (Å²) in [7, 11) is 0. The molecule has 0 aliphatic carbocycles. The monoisotopic (exact) mass is 884 g/mol. The predicted octanol–water partition coefficient (Wildman–Crippen LogP) is 17.2. The fraction of sp³-hybridized carbons (Fsp3) is 0.300. The van der Waals surface area contributed by atoms with Crippen molar-refractivity contribution in [1.29, 1.82) is 0 Å². The molecule has 0 aliphatic rings. The standard InChI is InChI=1S/C60H66Cl2Si/c1-37-21-15-22-38(2)54(37)48-29-19-30-49(55-39(3)23-16-24-40(55)4)52(48)35-45-33-47(59(9,10)11)34-46(58(45)63(61,62)60(12,13)14)36-53-50(56-41(5)25-17-26-42(56)6)31-20-32-51(53)57-43(7)27-18-28-44(57)8/h15-34H,35-36H2,1-14H3. The molecule has 0 aromatic heterocycles. The lowest BCUT2D eigenvalue weighted by atomic mass is 9.79. The quantitative estimate of drug-likeness (QED) is 0.100. The molecule has 0 N–H and O–H groups in total. The number of hydrogen-bond acceptors (Lipinski definition) is 0. The molecule has 0 fully saturated rings. The highest BCUT2D eigenvalue weighted by Crippen LogP contribution is 2.47. The summed E-state index contributed by atoms with van der Waals surface area (Å²) in [5, 5.41) is 0.783. The lowest BCUT2D eigenvalue weighted by Gasteiger charge is -2.37. The van der Waals surface area contributed by atoms with E-state index in [1.54, 1.807) is 0 Å². The van der Waals surface area contributed by atoms with E-state index in [0.29, 0.717) is 12.8 Å². The summed E-state index contributed by atoms with van der Waals surface area (Å²) >= 11 is 16.4. The van der Waals surface area contributed by atoms with E-state index in [0.717, 1.165) is 5.19 Å². The molecule has 0 saturated heterocycles. The lowest BCUT2D eigenvalue weighted by molar-refractivity contribution is 0.589. The van der Waals surface area contributed by atoms with Crippen LogP contribution < -0.4 is 5.19 Å². The fourth-order valence-corrected chi connectivity index (χ4v) is 13.4. The van der Waals surface area contributed by atoms with Crippen LogP contribution in [0.3, 0.4) is 0 Å². The number of aryl methyl sites for hydroxylation is 8. The van der Waals surface area contributed by atoms with Crippen molar-refractivity contribution >= 4 is 34.0 Å². The summed E-state index contributed by atoms with van der Waals surface area (Å²) in [6.45, 7) is 28.4. The van der Waals surface area contributed by atoms with E-state index in [2.05, 4.69) is 218 Å². The van der Waals surface area contributed by atoms with Crippen LogP contribution in [0.4, 0.5) is 0 Å². The minimum atomic E-state index is -3.29. The van der Waals surface area contributed by atoms with Gasteiger partial charge in [0.15, 0.2) is 0 Å². The first kappa shape index (κ1) is 46.3. The van der Waals surface area contributed by atoms with Crippen LogP contribution in [0.1, 0.15) is 114 Å². The maximum Gasteiger partial charge on any atom is 0.286 e. The zero-order chi connectivity index (χ0) is 45.8. The molecule has 0 spiro atoms. The molecule has 7 aromatic carbocycles. The molecule has 0 saturated carbocycles. The fourth-order valence-electron chi connectivity index (χ4n) is 10.1. The van der Waals surface area contributed by atoms with Crippen molar-refractivity contribution in [2.45, 2.75) is 120 Å². The van der Waals surface area contributed by atoms with Gasteiger partial charge in [-0.25, -0.2) is 0 Å². The second-order valence-electron chi connectivity index (χ2n) is 20.3. The second-order valence-corrected chi connectivity index (χ2v) is 27.5. The van der Waals surface area contributed by atoms with E-state index in [-0.39, 0.29) is 10.5 Å². The molecule has 0 heterocycles. The maximum atomic E-state index is 8.18. The summed E-state index contributed by atoms with van der Waals surface area (Å²) in [6.07, 6.45) is 1.37. The maximum absolute atomic E-state index is 8.18.